The summed E-state index contributed by atoms with van der Waals surface area (Å²) in [4.78, 5) is 11.8. The van der Waals surface area contributed by atoms with Crippen LogP contribution in [-0.4, -0.2) is 16.2 Å². The number of aryl methyl sites for hydroxylation is 1. The zero-order chi connectivity index (χ0) is 18.2. The van der Waals surface area contributed by atoms with E-state index in [1.165, 1.54) is 0 Å². The van der Waals surface area contributed by atoms with Crippen molar-refractivity contribution >= 4 is 5.97 Å². The Morgan fingerprint density at radius 1 is 1.20 bits per heavy atom. The Labute approximate surface area is 148 Å². The summed E-state index contributed by atoms with van der Waals surface area (Å²) in [6.07, 6.45) is 3.57. The lowest BCUT2D eigenvalue weighted by Gasteiger charge is -2.35. The molecule has 0 saturated heterocycles. The van der Waals surface area contributed by atoms with Gasteiger partial charge in [-0.2, -0.15) is 0 Å². The SMILES string of the molecule is CCCCCc1cc2c(c(O)c1C(=O)O)-c1ccccc1C(C)(C)O2. The van der Waals surface area contributed by atoms with Gasteiger partial charge in [-0.1, -0.05) is 44.0 Å². The van der Waals surface area contributed by atoms with Gasteiger partial charge < -0.3 is 14.9 Å². The molecule has 2 aromatic rings. The van der Waals surface area contributed by atoms with Gasteiger partial charge in [0, 0.05) is 5.56 Å². The molecule has 0 fully saturated rings. The third-order valence-electron chi connectivity index (χ3n) is 4.82. The number of fused-ring (bicyclic) bond motifs is 3. The summed E-state index contributed by atoms with van der Waals surface area (Å²) in [6, 6.07) is 9.46. The van der Waals surface area contributed by atoms with Gasteiger partial charge in [-0.05, 0) is 43.9 Å². The quantitative estimate of drug-likeness (QED) is 0.742. The Hall–Kier alpha value is -2.49. The van der Waals surface area contributed by atoms with Crippen LogP contribution in [0.5, 0.6) is 11.5 Å². The number of hydrogen-bond acceptors (Lipinski definition) is 3. The van der Waals surface area contributed by atoms with E-state index >= 15 is 0 Å². The first-order chi connectivity index (χ1) is 11.9. The van der Waals surface area contributed by atoms with E-state index in [0.717, 1.165) is 30.4 Å². The number of benzene rings is 2. The van der Waals surface area contributed by atoms with Crippen molar-refractivity contribution in [2.24, 2.45) is 0 Å². The Morgan fingerprint density at radius 2 is 1.92 bits per heavy atom. The van der Waals surface area contributed by atoms with Gasteiger partial charge in [0.1, 0.15) is 22.7 Å². The molecule has 4 nitrogen and oxygen atoms in total. The molecule has 132 valence electrons. The van der Waals surface area contributed by atoms with Crippen molar-refractivity contribution in [3.05, 3.63) is 47.0 Å². The average Bonchev–Trinajstić information content (AvgIpc) is 2.54. The van der Waals surface area contributed by atoms with E-state index in [0.29, 0.717) is 23.3 Å². The zero-order valence-electron chi connectivity index (χ0n) is 14.9. The summed E-state index contributed by atoms with van der Waals surface area (Å²) >= 11 is 0. The van der Waals surface area contributed by atoms with E-state index in [1.54, 1.807) is 6.07 Å². The molecular weight excluding hydrogens is 316 g/mol. The van der Waals surface area contributed by atoms with Gasteiger partial charge >= 0.3 is 5.97 Å². The van der Waals surface area contributed by atoms with Crippen LogP contribution in [0.2, 0.25) is 0 Å². The number of rotatable bonds is 5. The molecule has 0 unspecified atom stereocenters. The van der Waals surface area contributed by atoms with Crippen molar-refractivity contribution < 1.29 is 19.7 Å². The molecule has 25 heavy (non-hydrogen) atoms. The Balaban J connectivity index is 2.21. The molecule has 0 bridgehead atoms. The molecule has 3 rings (SSSR count). The number of ether oxygens (including phenoxy) is 1. The fourth-order valence-corrected chi connectivity index (χ4v) is 3.59. The van der Waals surface area contributed by atoms with Crippen molar-refractivity contribution in [2.75, 3.05) is 0 Å². The van der Waals surface area contributed by atoms with Gasteiger partial charge in [0.25, 0.3) is 0 Å². The second-order valence-corrected chi connectivity index (χ2v) is 7.05. The topological polar surface area (TPSA) is 66.8 Å². The number of aromatic hydroxyl groups is 1. The van der Waals surface area contributed by atoms with Crippen molar-refractivity contribution in [1.29, 1.82) is 0 Å². The molecule has 0 amide bonds. The van der Waals surface area contributed by atoms with Crippen LogP contribution in [0, 0.1) is 0 Å². The summed E-state index contributed by atoms with van der Waals surface area (Å²) in [6.45, 7) is 6.06. The van der Waals surface area contributed by atoms with Crippen LogP contribution in [0.1, 0.15) is 61.5 Å². The maximum Gasteiger partial charge on any atom is 0.339 e. The van der Waals surface area contributed by atoms with E-state index in [9.17, 15) is 15.0 Å². The zero-order valence-corrected chi connectivity index (χ0v) is 14.9. The molecule has 2 aromatic carbocycles. The number of carboxylic acid groups (broad SMARTS) is 1. The lowest BCUT2D eigenvalue weighted by molar-refractivity contribution is 0.0692. The summed E-state index contributed by atoms with van der Waals surface area (Å²) < 4.78 is 6.16. The highest BCUT2D eigenvalue weighted by Gasteiger charge is 2.36. The second kappa shape index (κ2) is 6.43. The second-order valence-electron chi connectivity index (χ2n) is 7.05. The van der Waals surface area contributed by atoms with Gasteiger partial charge in [-0.15, -0.1) is 0 Å². The van der Waals surface area contributed by atoms with E-state index in [2.05, 4.69) is 6.92 Å². The number of hydrogen-bond donors (Lipinski definition) is 2. The molecule has 0 aromatic heterocycles. The van der Waals surface area contributed by atoms with Crippen LogP contribution < -0.4 is 4.74 Å². The highest BCUT2D eigenvalue weighted by Crippen LogP contribution is 2.51. The van der Waals surface area contributed by atoms with Gasteiger partial charge in [0.05, 0.1) is 5.56 Å². The highest BCUT2D eigenvalue weighted by atomic mass is 16.5. The lowest BCUT2D eigenvalue weighted by Crippen LogP contribution is -2.29. The minimum Gasteiger partial charge on any atom is -0.506 e. The van der Waals surface area contributed by atoms with Crippen molar-refractivity contribution in [3.8, 4) is 22.6 Å². The summed E-state index contributed by atoms with van der Waals surface area (Å²) in [5.41, 5.74) is 2.33. The Bertz CT molecular complexity index is 821. The molecule has 2 N–H and O–H groups in total. The van der Waals surface area contributed by atoms with Crippen LogP contribution >= 0.6 is 0 Å². The Kier molecular flexibility index (Phi) is 4.46. The summed E-state index contributed by atoms with van der Waals surface area (Å²) in [5, 5.41) is 20.5. The lowest BCUT2D eigenvalue weighted by atomic mass is 9.84. The maximum absolute atomic E-state index is 11.8. The van der Waals surface area contributed by atoms with Crippen LogP contribution in [0.3, 0.4) is 0 Å². The van der Waals surface area contributed by atoms with E-state index in [-0.39, 0.29) is 11.3 Å². The van der Waals surface area contributed by atoms with Gasteiger partial charge in [0.2, 0.25) is 0 Å². The summed E-state index contributed by atoms with van der Waals surface area (Å²) in [5.74, 6) is -0.744. The highest BCUT2D eigenvalue weighted by molar-refractivity contribution is 5.98. The van der Waals surface area contributed by atoms with Crippen LogP contribution in [0.15, 0.2) is 30.3 Å². The molecule has 0 spiro atoms. The third-order valence-corrected chi connectivity index (χ3v) is 4.82. The molecule has 0 atom stereocenters. The first-order valence-electron chi connectivity index (χ1n) is 8.77. The number of unbranched alkanes of at least 4 members (excludes halogenated alkanes) is 2. The standard InChI is InChI=1S/C21H24O4/c1-4-5-6-9-13-12-16-18(19(22)17(13)20(23)24)14-10-7-8-11-15(14)21(2,3)25-16/h7-8,10-12,22H,4-6,9H2,1-3H3,(H,23,24). The van der Waals surface area contributed by atoms with E-state index in [4.69, 9.17) is 4.74 Å². The number of carboxylic acids is 1. The van der Waals surface area contributed by atoms with Gasteiger partial charge in [-0.3, -0.25) is 0 Å². The maximum atomic E-state index is 11.8. The molecule has 0 saturated carbocycles. The smallest absolute Gasteiger partial charge is 0.339 e. The number of carbonyl (C=O) groups is 1. The average molecular weight is 340 g/mol. The normalized spacial score (nSPS) is 14.4. The van der Waals surface area contributed by atoms with Crippen molar-refractivity contribution in [2.45, 2.75) is 52.1 Å². The largest absolute Gasteiger partial charge is 0.506 e. The molecule has 1 aliphatic heterocycles. The minimum atomic E-state index is -1.10. The number of phenols is 1. The Morgan fingerprint density at radius 3 is 2.60 bits per heavy atom. The fourth-order valence-electron chi connectivity index (χ4n) is 3.59. The first kappa shape index (κ1) is 17.3. The van der Waals surface area contributed by atoms with Crippen LogP contribution in [0.25, 0.3) is 11.1 Å². The monoisotopic (exact) mass is 340 g/mol. The molecule has 1 heterocycles. The van der Waals surface area contributed by atoms with E-state index < -0.39 is 11.6 Å². The molecular formula is C21H24O4. The van der Waals surface area contributed by atoms with Crippen molar-refractivity contribution in [1.82, 2.24) is 0 Å². The fraction of sp³-hybridized carbons (Fsp3) is 0.381. The van der Waals surface area contributed by atoms with Gasteiger partial charge in [-0.25, -0.2) is 4.79 Å². The first-order valence-corrected chi connectivity index (χ1v) is 8.77. The summed E-state index contributed by atoms with van der Waals surface area (Å²) in [7, 11) is 0. The van der Waals surface area contributed by atoms with Crippen LogP contribution in [-0.2, 0) is 12.0 Å². The third kappa shape index (κ3) is 2.97. The molecule has 0 aliphatic carbocycles. The van der Waals surface area contributed by atoms with Crippen LogP contribution in [0.4, 0.5) is 0 Å². The molecule has 4 heteroatoms. The van der Waals surface area contributed by atoms with E-state index in [1.807, 2.05) is 38.1 Å². The molecule has 1 aliphatic rings. The predicted molar refractivity (Wildman–Crippen MR) is 97.4 cm³/mol. The van der Waals surface area contributed by atoms with Gasteiger partial charge in [0.15, 0.2) is 0 Å². The predicted octanol–water partition coefficient (Wildman–Crippen LogP) is 5.12. The minimum absolute atomic E-state index is 0.00652. The van der Waals surface area contributed by atoms with Crippen molar-refractivity contribution in [3.63, 3.8) is 0 Å². The number of aromatic carboxylic acids is 1. The molecule has 0 radical (unpaired) electrons.